The minimum Gasteiger partial charge on any atom is -0.466 e. The molecule has 350 valence electrons. The summed E-state index contributed by atoms with van der Waals surface area (Å²) in [5.74, 6) is 1.60. The molecule has 0 rings (SSSR count). The Morgan fingerprint density at radius 3 is 1.17 bits per heavy atom. The van der Waals surface area contributed by atoms with Crippen molar-refractivity contribution in [3.8, 4) is 0 Å². The molecule has 0 heterocycles. The molecule has 59 heavy (non-hydrogen) atoms. The first kappa shape index (κ1) is 57.3. The maximum Gasteiger partial charge on any atom is 0.306 e. The van der Waals surface area contributed by atoms with Crippen LogP contribution < -0.4 is 10.6 Å². The zero-order valence-electron chi connectivity index (χ0n) is 40.0. The highest BCUT2D eigenvalue weighted by Crippen LogP contribution is 2.25. The fraction of sp³-hybridized carbons (Fsp3) is 0.941. The van der Waals surface area contributed by atoms with Gasteiger partial charge in [0.05, 0.1) is 19.8 Å². The Bertz CT molecular complexity index is 841. The van der Waals surface area contributed by atoms with Crippen molar-refractivity contribution < 1.29 is 28.6 Å². The molecule has 0 bridgehead atoms. The summed E-state index contributed by atoms with van der Waals surface area (Å²) >= 11 is 0. The molecule has 0 spiro atoms. The van der Waals surface area contributed by atoms with E-state index in [0.717, 1.165) is 116 Å². The highest BCUT2D eigenvalue weighted by atomic mass is 16.5. The van der Waals surface area contributed by atoms with Crippen LogP contribution in [0.1, 0.15) is 246 Å². The topological polar surface area (TPSA) is 103 Å². The molecule has 0 aliphatic rings. The number of unbranched alkanes of at least 4 members (excludes halogenated alkanes) is 16. The summed E-state index contributed by atoms with van der Waals surface area (Å²) in [4.78, 5) is 37.6. The summed E-state index contributed by atoms with van der Waals surface area (Å²) in [6.07, 6.45) is 37.5. The Labute approximate surface area is 366 Å². The van der Waals surface area contributed by atoms with E-state index in [1.54, 1.807) is 0 Å². The van der Waals surface area contributed by atoms with Crippen LogP contribution in [0.5, 0.6) is 0 Å². The minimum absolute atomic E-state index is 0.0344. The molecule has 0 unspecified atom stereocenters. The summed E-state index contributed by atoms with van der Waals surface area (Å²) in [5, 5.41) is 6.49. The molecule has 0 aliphatic carbocycles. The van der Waals surface area contributed by atoms with Gasteiger partial charge in [-0.2, -0.15) is 0 Å². The summed E-state index contributed by atoms with van der Waals surface area (Å²) in [6, 6.07) is 0. The Morgan fingerprint density at radius 1 is 0.373 bits per heavy atom. The van der Waals surface area contributed by atoms with E-state index in [1.807, 2.05) is 7.05 Å². The van der Waals surface area contributed by atoms with Crippen LogP contribution in [-0.2, 0) is 28.6 Å². The molecule has 8 heteroatoms. The van der Waals surface area contributed by atoms with Crippen LogP contribution in [0.3, 0.4) is 0 Å². The highest BCUT2D eigenvalue weighted by Gasteiger charge is 2.16. The lowest BCUT2D eigenvalue weighted by Crippen LogP contribution is -2.26. The largest absolute Gasteiger partial charge is 0.466 e. The van der Waals surface area contributed by atoms with Crippen molar-refractivity contribution in [3.05, 3.63) is 0 Å². The molecule has 0 fully saturated rings. The first-order chi connectivity index (χ1) is 28.9. The third kappa shape index (κ3) is 41.5. The molecular formula is C51H100N2O6. The summed E-state index contributed by atoms with van der Waals surface area (Å²) in [5.41, 5.74) is 0. The van der Waals surface area contributed by atoms with Gasteiger partial charge in [-0.05, 0) is 76.3 Å². The first-order valence-electron chi connectivity index (χ1n) is 25.7. The van der Waals surface area contributed by atoms with E-state index in [2.05, 4.69) is 38.3 Å². The Kier molecular flexibility index (Phi) is 44.5. The Hall–Kier alpha value is -1.67. The minimum atomic E-state index is -0.0660. The number of likely N-dealkylation sites (N-methyl/N-ethyl adjacent to an activating group) is 1. The van der Waals surface area contributed by atoms with E-state index in [-0.39, 0.29) is 17.9 Å². The lowest BCUT2D eigenvalue weighted by atomic mass is 9.91. The van der Waals surface area contributed by atoms with Crippen molar-refractivity contribution in [2.24, 2.45) is 17.8 Å². The smallest absolute Gasteiger partial charge is 0.306 e. The van der Waals surface area contributed by atoms with Crippen LogP contribution in [0.25, 0.3) is 0 Å². The van der Waals surface area contributed by atoms with Gasteiger partial charge in [-0.25, -0.2) is 0 Å². The number of hydrogen-bond acceptors (Lipinski definition) is 8. The molecule has 0 saturated heterocycles. The monoisotopic (exact) mass is 837 g/mol. The van der Waals surface area contributed by atoms with Gasteiger partial charge < -0.3 is 24.8 Å². The number of esters is 3. The van der Waals surface area contributed by atoms with Crippen molar-refractivity contribution in [1.29, 1.82) is 0 Å². The Morgan fingerprint density at radius 2 is 0.746 bits per heavy atom. The summed E-state index contributed by atoms with van der Waals surface area (Å²) in [7, 11) is 1.94. The molecule has 0 aromatic rings. The van der Waals surface area contributed by atoms with Crippen molar-refractivity contribution in [3.63, 3.8) is 0 Å². The maximum atomic E-state index is 12.8. The molecule has 0 aliphatic heterocycles. The third-order valence-electron chi connectivity index (χ3n) is 12.2. The zero-order chi connectivity index (χ0) is 43.3. The van der Waals surface area contributed by atoms with Crippen LogP contribution >= 0.6 is 0 Å². The molecule has 8 nitrogen and oxygen atoms in total. The van der Waals surface area contributed by atoms with Gasteiger partial charge in [-0.3, -0.25) is 14.4 Å². The third-order valence-corrected chi connectivity index (χ3v) is 12.2. The zero-order valence-corrected chi connectivity index (χ0v) is 40.0. The van der Waals surface area contributed by atoms with Gasteiger partial charge in [-0.15, -0.1) is 0 Å². The summed E-state index contributed by atoms with van der Waals surface area (Å²) in [6.45, 7) is 13.3. The van der Waals surface area contributed by atoms with E-state index in [1.165, 1.54) is 103 Å². The predicted octanol–water partition coefficient (Wildman–Crippen LogP) is 13.6. The first-order valence-corrected chi connectivity index (χ1v) is 25.7. The molecule has 0 aromatic heterocycles. The van der Waals surface area contributed by atoms with Crippen LogP contribution in [0.2, 0.25) is 0 Å². The van der Waals surface area contributed by atoms with Crippen molar-refractivity contribution in [2.75, 3.05) is 46.5 Å². The lowest BCUT2D eigenvalue weighted by Gasteiger charge is -2.17. The SMILES string of the molecule is CCCCCC(CCCCC)CCOC(=O)CCCCCCCC(CCCCCCCC(=O)OCCC(CCCCC)CCCCC)CC(=O)OCCCNCCNC. The molecule has 0 radical (unpaired) electrons. The number of carbonyl (C=O) groups excluding carboxylic acids is 3. The second kappa shape index (κ2) is 45.8. The number of hydrogen-bond donors (Lipinski definition) is 2. The lowest BCUT2D eigenvalue weighted by molar-refractivity contribution is -0.145. The van der Waals surface area contributed by atoms with E-state index < -0.39 is 0 Å². The molecule has 0 amide bonds. The maximum absolute atomic E-state index is 12.8. The summed E-state index contributed by atoms with van der Waals surface area (Å²) < 4.78 is 16.9. The van der Waals surface area contributed by atoms with E-state index in [0.29, 0.717) is 56.8 Å². The van der Waals surface area contributed by atoms with Crippen LogP contribution in [0, 0.1) is 17.8 Å². The van der Waals surface area contributed by atoms with Gasteiger partial charge in [0.1, 0.15) is 0 Å². The number of rotatable bonds is 47. The molecule has 2 N–H and O–H groups in total. The number of nitrogens with one attached hydrogen (secondary N) is 2. The molecule has 0 atom stereocenters. The highest BCUT2D eigenvalue weighted by molar-refractivity contribution is 5.70. The number of ether oxygens (including phenoxy) is 3. The predicted molar refractivity (Wildman–Crippen MR) is 250 cm³/mol. The van der Waals surface area contributed by atoms with Gasteiger partial charge in [0.15, 0.2) is 0 Å². The molecule has 0 saturated carbocycles. The van der Waals surface area contributed by atoms with E-state index in [4.69, 9.17) is 14.2 Å². The standard InChI is InChI=1S/C51H100N2O6/c1-6-10-20-29-46(30-21-11-7-2)37-43-58-49(54)35-26-18-14-16-24-33-48(45-51(56)57-42-28-39-53-41-40-52-5)34-25-17-15-19-27-36-50(55)59-44-38-47(31-22-12-8-3)32-23-13-9-4/h46-48,52-53H,6-45H2,1-5H3. The van der Waals surface area contributed by atoms with Gasteiger partial charge in [-0.1, -0.05) is 182 Å². The van der Waals surface area contributed by atoms with Crippen LogP contribution in [0.15, 0.2) is 0 Å². The molecule has 0 aromatic carbocycles. The average Bonchev–Trinajstić information content (AvgIpc) is 3.22. The van der Waals surface area contributed by atoms with E-state index >= 15 is 0 Å². The van der Waals surface area contributed by atoms with Crippen molar-refractivity contribution in [2.45, 2.75) is 246 Å². The van der Waals surface area contributed by atoms with Gasteiger partial charge in [0.2, 0.25) is 0 Å². The van der Waals surface area contributed by atoms with Gasteiger partial charge in [0.25, 0.3) is 0 Å². The fourth-order valence-corrected chi connectivity index (χ4v) is 8.25. The second-order valence-corrected chi connectivity index (χ2v) is 17.8. The quantitative estimate of drug-likeness (QED) is 0.0355. The number of carbonyl (C=O) groups is 3. The average molecular weight is 837 g/mol. The van der Waals surface area contributed by atoms with Crippen molar-refractivity contribution in [1.82, 2.24) is 10.6 Å². The van der Waals surface area contributed by atoms with Gasteiger partial charge in [0, 0.05) is 32.4 Å². The van der Waals surface area contributed by atoms with Gasteiger partial charge >= 0.3 is 17.9 Å². The van der Waals surface area contributed by atoms with Crippen LogP contribution in [-0.4, -0.2) is 64.4 Å². The Balaban J connectivity index is 4.45. The van der Waals surface area contributed by atoms with Crippen molar-refractivity contribution >= 4 is 17.9 Å². The normalized spacial score (nSPS) is 11.6. The second-order valence-electron chi connectivity index (χ2n) is 17.8. The fourth-order valence-electron chi connectivity index (χ4n) is 8.25. The van der Waals surface area contributed by atoms with Crippen LogP contribution in [0.4, 0.5) is 0 Å². The molecular weight excluding hydrogens is 737 g/mol. The van der Waals surface area contributed by atoms with E-state index in [9.17, 15) is 14.4 Å².